The Hall–Kier alpha value is -3.42. The van der Waals surface area contributed by atoms with E-state index < -0.39 is 10.8 Å². The van der Waals surface area contributed by atoms with Crippen molar-refractivity contribution in [3.05, 3.63) is 64.2 Å². The zero-order chi connectivity index (χ0) is 20.3. The van der Waals surface area contributed by atoms with Crippen LogP contribution in [0.15, 0.2) is 48.5 Å². The number of amides is 2. The van der Waals surface area contributed by atoms with Crippen LogP contribution >= 0.6 is 0 Å². The molecule has 8 nitrogen and oxygen atoms in total. The van der Waals surface area contributed by atoms with Crippen molar-refractivity contribution in [1.29, 1.82) is 0 Å². The normalized spacial score (nSPS) is 14.2. The van der Waals surface area contributed by atoms with Crippen molar-refractivity contribution in [1.82, 2.24) is 5.32 Å². The molecule has 1 N–H and O–H groups in total. The Kier molecular flexibility index (Phi) is 5.58. The average molecular weight is 383 g/mol. The Morgan fingerprint density at radius 2 is 1.96 bits per heavy atom. The van der Waals surface area contributed by atoms with Gasteiger partial charge in [0, 0.05) is 12.1 Å². The predicted molar refractivity (Wildman–Crippen MR) is 103 cm³/mol. The van der Waals surface area contributed by atoms with Crippen LogP contribution in [0.1, 0.15) is 25.5 Å². The second-order valence-electron chi connectivity index (χ2n) is 6.88. The summed E-state index contributed by atoms with van der Waals surface area (Å²) >= 11 is 0. The number of ether oxygens (including phenoxy) is 1. The molecular weight excluding hydrogens is 362 g/mol. The maximum Gasteiger partial charge on any atom is 0.271 e. The smallest absolute Gasteiger partial charge is 0.271 e. The molecule has 2 aromatic rings. The van der Waals surface area contributed by atoms with E-state index in [4.69, 9.17) is 4.74 Å². The molecule has 146 valence electrons. The van der Waals surface area contributed by atoms with Gasteiger partial charge in [0.2, 0.25) is 5.91 Å². The average Bonchev–Trinajstić information content (AvgIpc) is 2.68. The molecule has 0 saturated carbocycles. The van der Waals surface area contributed by atoms with E-state index in [9.17, 15) is 19.7 Å². The fourth-order valence-corrected chi connectivity index (χ4v) is 3.14. The summed E-state index contributed by atoms with van der Waals surface area (Å²) in [6.07, 6.45) is 0. The van der Waals surface area contributed by atoms with E-state index in [0.717, 1.165) is 5.56 Å². The minimum Gasteiger partial charge on any atom is -0.482 e. The fraction of sp³-hybridized carbons (Fsp3) is 0.300. The first kappa shape index (κ1) is 19.3. The van der Waals surface area contributed by atoms with E-state index in [1.54, 1.807) is 0 Å². The molecule has 2 amide bonds. The number of carbonyl (C=O) groups is 2. The van der Waals surface area contributed by atoms with Crippen LogP contribution in [0.3, 0.4) is 0 Å². The van der Waals surface area contributed by atoms with Crippen molar-refractivity contribution in [2.75, 3.05) is 18.1 Å². The van der Waals surface area contributed by atoms with Crippen molar-refractivity contribution in [3.8, 4) is 5.75 Å². The maximum absolute atomic E-state index is 12.7. The van der Waals surface area contributed by atoms with Gasteiger partial charge in [-0.15, -0.1) is 0 Å². The summed E-state index contributed by atoms with van der Waals surface area (Å²) in [5.74, 6) is -0.305. The van der Waals surface area contributed by atoms with E-state index in [1.165, 1.54) is 23.1 Å². The van der Waals surface area contributed by atoms with Crippen LogP contribution in [0.25, 0.3) is 0 Å². The standard InChI is InChI=1S/C20H21N3O5/c1-13(2)20(14-6-4-3-5-7-14)21-18(24)11-22-16-10-15(23(26)27)8-9-17(16)28-12-19(22)25/h3-10,13,20H,11-12H2,1-2H3,(H,21,24). The molecule has 0 spiro atoms. The maximum atomic E-state index is 12.7. The highest BCUT2D eigenvalue weighted by molar-refractivity contribution is 6.02. The minimum atomic E-state index is -0.554. The third-order valence-corrected chi connectivity index (χ3v) is 4.54. The van der Waals surface area contributed by atoms with Crippen molar-refractivity contribution < 1.29 is 19.2 Å². The number of nitro benzene ring substituents is 1. The van der Waals surface area contributed by atoms with Crippen molar-refractivity contribution in [3.63, 3.8) is 0 Å². The number of nitro groups is 1. The van der Waals surface area contributed by atoms with Crippen LogP contribution in [0.5, 0.6) is 5.75 Å². The Morgan fingerprint density at radius 1 is 1.25 bits per heavy atom. The third-order valence-electron chi connectivity index (χ3n) is 4.54. The van der Waals surface area contributed by atoms with Crippen molar-refractivity contribution in [2.45, 2.75) is 19.9 Å². The number of carbonyl (C=O) groups excluding carboxylic acids is 2. The number of non-ortho nitro benzene ring substituents is 1. The lowest BCUT2D eigenvalue weighted by Gasteiger charge is -2.30. The predicted octanol–water partition coefficient (Wildman–Crippen LogP) is 2.83. The minimum absolute atomic E-state index is 0.139. The summed E-state index contributed by atoms with van der Waals surface area (Å²) in [5.41, 5.74) is 1.02. The Morgan fingerprint density at radius 3 is 2.61 bits per heavy atom. The zero-order valence-electron chi connectivity index (χ0n) is 15.6. The second-order valence-corrected chi connectivity index (χ2v) is 6.88. The monoisotopic (exact) mass is 383 g/mol. The van der Waals surface area contributed by atoms with Crippen LogP contribution in [0.4, 0.5) is 11.4 Å². The molecule has 0 aliphatic carbocycles. The molecule has 2 aromatic carbocycles. The lowest BCUT2D eigenvalue weighted by Crippen LogP contribution is -2.46. The molecule has 1 heterocycles. The van der Waals surface area contributed by atoms with Crippen LogP contribution in [0.2, 0.25) is 0 Å². The Labute approximate surface area is 162 Å². The van der Waals surface area contributed by atoms with Gasteiger partial charge in [-0.05, 0) is 17.5 Å². The number of hydrogen-bond acceptors (Lipinski definition) is 5. The molecule has 0 radical (unpaired) electrons. The van der Waals surface area contributed by atoms with Gasteiger partial charge in [-0.1, -0.05) is 44.2 Å². The van der Waals surface area contributed by atoms with Gasteiger partial charge in [-0.3, -0.25) is 24.6 Å². The summed E-state index contributed by atoms with van der Waals surface area (Å²) in [7, 11) is 0. The molecule has 0 saturated heterocycles. The lowest BCUT2D eigenvalue weighted by atomic mass is 9.96. The highest BCUT2D eigenvalue weighted by atomic mass is 16.6. The summed E-state index contributed by atoms with van der Waals surface area (Å²) in [5, 5.41) is 14.0. The van der Waals surface area contributed by atoms with Gasteiger partial charge in [-0.2, -0.15) is 0 Å². The molecule has 1 atom stereocenters. The summed E-state index contributed by atoms with van der Waals surface area (Å²) < 4.78 is 5.33. The molecule has 0 fully saturated rings. The molecule has 28 heavy (non-hydrogen) atoms. The first-order chi connectivity index (χ1) is 13.4. The Bertz CT molecular complexity index is 898. The Balaban J connectivity index is 1.81. The molecular formula is C20H21N3O5. The number of anilines is 1. The number of nitrogens with one attached hydrogen (secondary N) is 1. The van der Waals surface area contributed by atoms with E-state index in [0.29, 0.717) is 5.75 Å². The summed E-state index contributed by atoms with van der Waals surface area (Å²) in [6.45, 7) is 3.53. The molecule has 1 aliphatic heterocycles. The van der Waals surface area contributed by atoms with Gasteiger partial charge in [0.25, 0.3) is 11.6 Å². The van der Waals surface area contributed by atoms with Gasteiger partial charge >= 0.3 is 0 Å². The lowest BCUT2D eigenvalue weighted by molar-refractivity contribution is -0.384. The second kappa shape index (κ2) is 8.08. The van der Waals surface area contributed by atoms with Gasteiger partial charge in [0.05, 0.1) is 16.7 Å². The van der Waals surface area contributed by atoms with Gasteiger partial charge in [0.1, 0.15) is 12.3 Å². The molecule has 8 heteroatoms. The number of hydrogen-bond donors (Lipinski definition) is 1. The highest BCUT2D eigenvalue weighted by Crippen LogP contribution is 2.35. The zero-order valence-corrected chi connectivity index (χ0v) is 15.6. The number of rotatable bonds is 6. The molecule has 0 bridgehead atoms. The first-order valence-corrected chi connectivity index (χ1v) is 8.92. The van der Waals surface area contributed by atoms with Crippen LogP contribution in [-0.4, -0.2) is 29.9 Å². The summed E-state index contributed by atoms with van der Waals surface area (Å²) in [6, 6.07) is 13.3. The van der Waals surface area contributed by atoms with Crippen molar-refractivity contribution in [2.24, 2.45) is 5.92 Å². The van der Waals surface area contributed by atoms with Crippen LogP contribution in [0, 0.1) is 16.0 Å². The van der Waals surface area contributed by atoms with Gasteiger partial charge < -0.3 is 10.1 Å². The molecule has 1 aliphatic rings. The van der Waals surface area contributed by atoms with E-state index in [1.807, 2.05) is 44.2 Å². The largest absolute Gasteiger partial charge is 0.482 e. The SMILES string of the molecule is CC(C)C(NC(=O)CN1C(=O)COc2ccc([N+](=O)[O-])cc21)c1ccccc1. The number of nitrogens with zero attached hydrogens (tertiary/aromatic N) is 2. The first-order valence-electron chi connectivity index (χ1n) is 8.92. The summed E-state index contributed by atoms with van der Waals surface area (Å²) in [4.78, 5) is 36.7. The van der Waals surface area contributed by atoms with Gasteiger partial charge in [-0.25, -0.2) is 0 Å². The van der Waals surface area contributed by atoms with Gasteiger partial charge in [0.15, 0.2) is 6.61 Å². The van der Waals surface area contributed by atoms with Crippen molar-refractivity contribution >= 4 is 23.2 Å². The fourth-order valence-electron chi connectivity index (χ4n) is 3.14. The number of fused-ring (bicyclic) bond motifs is 1. The van der Waals surface area contributed by atoms with E-state index in [2.05, 4.69) is 5.32 Å². The molecule has 3 rings (SSSR count). The number of benzene rings is 2. The highest BCUT2D eigenvalue weighted by Gasteiger charge is 2.30. The van der Waals surface area contributed by atoms with E-state index in [-0.39, 0.29) is 42.4 Å². The quantitative estimate of drug-likeness (QED) is 0.610. The van der Waals surface area contributed by atoms with Crippen LogP contribution < -0.4 is 15.0 Å². The molecule has 1 unspecified atom stereocenters. The van der Waals surface area contributed by atoms with E-state index >= 15 is 0 Å². The topological polar surface area (TPSA) is 102 Å². The van der Waals surface area contributed by atoms with Crippen LogP contribution in [-0.2, 0) is 9.59 Å². The molecule has 0 aromatic heterocycles. The third kappa shape index (κ3) is 4.11.